The summed E-state index contributed by atoms with van der Waals surface area (Å²) in [5, 5.41) is 2.75. The van der Waals surface area contributed by atoms with Crippen LogP contribution >= 0.6 is 0 Å². The number of rotatable bonds is 9. The Morgan fingerprint density at radius 3 is 2.33 bits per heavy atom. The van der Waals surface area contributed by atoms with Gasteiger partial charge in [-0.1, -0.05) is 6.07 Å². The zero-order valence-electron chi connectivity index (χ0n) is 18.0. The third kappa shape index (κ3) is 6.84. The van der Waals surface area contributed by atoms with Crippen molar-refractivity contribution in [3.8, 4) is 17.2 Å². The molecule has 0 aliphatic heterocycles. The maximum atomic E-state index is 12.3. The van der Waals surface area contributed by atoms with Gasteiger partial charge in [0.25, 0.3) is 0 Å². The minimum atomic E-state index is -0.290. The molecule has 7 heteroatoms. The van der Waals surface area contributed by atoms with Crippen LogP contribution in [0.4, 0.5) is 5.69 Å². The highest BCUT2D eigenvalue weighted by Gasteiger charge is 2.11. The topological polar surface area (TPSA) is 77.1 Å². The standard InChI is InChI=1S/C23H28N2O5/c1-16(2)30-20-12-6-17(14-21(20)29-5)7-13-23(27)25(3)15-22(26)24-18-8-10-19(28-4)11-9-18/h6-14,16H,15H2,1-5H3,(H,24,26)/b13-7+. The maximum Gasteiger partial charge on any atom is 0.246 e. The summed E-state index contributed by atoms with van der Waals surface area (Å²) in [6, 6.07) is 12.4. The van der Waals surface area contributed by atoms with Crippen molar-refractivity contribution < 1.29 is 23.8 Å². The molecule has 2 rings (SSSR count). The van der Waals surface area contributed by atoms with Crippen LogP contribution in [0.3, 0.4) is 0 Å². The van der Waals surface area contributed by atoms with E-state index < -0.39 is 0 Å². The van der Waals surface area contributed by atoms with E-state index in [-0.39, 0.29) is 24.5 Å². The van der Waals surface area contributed by atoms with Crippen molar-refractivity contribution in [1.82, 2.24) is 4.90 Å². The Hall–Kier alpha value is -3.48. The molecular weight excluding hydrogens is 384 g/mol. The molecule has 0 spiro atoms. The van der Waals surface area contributed by atoms with Gasteiger partial charge in [-0.3, -0.25) is 9.59 Å². The van der Waals surface area contributed by atoms with Crippen LogP contribution in [0.1, 0.15) is 19.4 Å². The summed E-state index contributed by atoms with van der Waals surface area (Å²) in [7, 11) is 4.71. The summed E-state index contributed by atoms with van der Waals surface area (Å²) in [6.07, 6.45) is 3.11. The van der Waals surface area contributed by atoms with Crippen molar-refractivity contribution in [2.24, 2.45) is 0 Å². The first kappa shape index (κ1) is 22.8. The number of hydrogen-bond donors (Lipinski definition) is 1. The van der Waals surface area contributed by atoms with Gasteiger partial charge >= 0.3 is 0 Å². The molecule has 160 valence electrons. The first-order valence-electron chi connectivity index (χ1n) is 9.54. The van der Waals surface area contributed by atoms with Crippen LogP contribution in [0.15, 0.2) is 48.5 Å². The van der Waals surface area contributed by atoms with E-state index in [9.17, 15) is 9.59 Å². The molecule has 2 aromatic rings. The van der Waals surface area contributed by atoms with E-state index in [0.29, 0.717) is 22.9 Å². The summed E-state index contributed by atoms with van der Waals surface area (Å²) in [5.74, 6) is 1.35. The lowest BCUT2D eigenvalue weighted by molar-refractivity contribution is -0.129. The Morgan fingerprint density at radius 2 is 1.73 bits per heavy atom. The maximum absolute atomic E-state index is 12.3. The minimum Gasteiger partial charge on any atom is -0.497 e. The molecular formula is C23H28N2O5. The number of nitrogens with zero attached hydrogens (tertiary/aromatic N) is 1. The van der Waals surface area contributed by atoms with E-state index in [1.165, 1.54) is 11.0 Å². The Kier molecular flexibility index (Phi) is 8.29. The first-order chi connectivity index (χ1) is 14.3. The van der Waals surface area contributed by atoms with Gasteiger partial charge in [0.1, 0.15) is 5.75 Å². The average molecular weight is 412 g/mol. The number of carbonyl (C=O) groups excluding carboxylic acids is 2. The van der Waals surface area contributed by atoms with E-state index in [1.54, 1.807) is 63.7 Å². The lowest BCUT2D eigenvalue weighted by atomic mass is 10.2. The number of anilines is 1. The van der Waals surface area contributed by atoms with Gasteiger partial charge in [0.2, 0.25) is 11.8 Å². The Morgan fingerprint density at radius 1 is 1.03 bits per heavy atom. The minimum absolute atomic E-state index is 0.0274. The van der Waals surface area contributed by atoms with E-state index in [0.717, 1.165) is 5.56 Å². The fraction of sp³-hybridized carbons (Fsp3) is 0.304. The lowest BCUT2D eigenvalue weighted by Crippen LogP contribution is -2.33. The predicted octanol–water partition coefficient (Wildman–Crippen LogP) is 3.60. The second kappa shape index (κ2) is 10.9. The van der Waals surface area contributed by atoms with Gasteiger partial charge in [-0.2, -0.15) is 0 Å². The van der Waals surface area contributed by atoms with E-state index in [1.807, 2.05) is 19.9 Å². The molecule has 0 radical (unpaired) electrons. The number of carbonyl (C=O) groups is 2. The molecule has 7 nitrogen and oxygen atoms in total. The van der Waals surface area contributed by atoms with Gasteiger partial charge < -0.3 is 24.4 Å². The van der Waals surface area contributed by atoms with E-state index >= 15 is 0 Å². The summed E-state index contributed by atoms with van der Waals surface area (Å²) < 4.78 is 16.1. The Balaban J connectivity index is 1.94. The molecule has 0 saturated heterocycles. The fourth-order valence-electron chi connectivity index (χ4n) is 2.60. The second-order valence-electron chi connectivity index (χ2n) is 6.88. The van der Waals surface area contributed by atoms with Gasteiger partial charge in [0.15, 0.2) is 11.5 Å². The van der Waals surface area contributed by atoms with Crippen LogP contribution in [0.5, 0.6) is 17.2 Å². The number of amides is 2. The molecule has 1 N–H and O–H groups in total. The molecule has 2 amide bonds. The average Bonchev–Trinajstić information content (AvgIpc) is 2.72. The predicted molar refractivity (Wildman–Crippen MR) is 117 cm³/mol. The fourth-order valence-corrected chi connectivity index (χ4v) is 2.60. The van der Waals surface area contributed by atoms with Crippen molar-refractivity contribution in [2.75, 3.05) is 33.1 Å². The monoisotopic (exact) mass is 412 g/mol. The van der Waals surface area contributed by atoms with Crippen molar-refractivity contribution in [1.29, 1.82) is 0 Å². The quantitative estimate of drug-likeness (QED) is 0.637. The number of methoxy groups -OCH3 is 2. The number of benzene rings is 2. The van der Waals surface area contributed by atoms with Crippen LogP contribution in [0.25, 0.3) is 6.08 Å². The molecule has 0 heterocycles. The molecule has 2 aromatic carbocycles. The van der Waals surface area contributed by atoms with Crippen LogP contribution in [-0.2, 0) is 9.59 Å². The largest absolute Gasteiger partial charge is 0.497 e. The van der Waals surface area contributed by atoms with Gasteiger partial charge in [0.05, 0.1) is 26.9 Å². The summed E-state index contributed by atoms with van der Waals surface area (Å²) >= 11 is 0. The SMILES string of the molecule is COc1ccc(NC(=O)CN(C)C(=O)/C=C/c2ccc(OC(C)C)c(OC)c2)cc1. The number of likely N-dealkylation sites (N-methyl/N-ethyl adjacent to an activating group) is 1. The van der Waals surface area contributed by atoms with Crippen molar-refractivity contribution in [3.05, 3.63) is 54.1 Å². The summed E-state index contributed by atoms with van der Waals surface area (Å²) in [6.45, 7) is 3.80. The molecule has 30 heavy (non-hydrogen) atoms. The highest BCUT2D eigenvalue weighted by molar-refractivity contribution is 5.97. The normalized spacial score (nSPS) is 10.7. The van der Waals surface area contributed by atoms with Gasteiger partial charge in [-0.15, -0.1) is 0 Å². The van der Waals surface area contributed by atoms with Crippen LogP contribution < -0.4 is 19.5 Å². The van der Waals surface area contributed by atoms with E-state index in [2.05, 4.69) is 5.32 Å². The van der Waals surface area contributed by atoms with Crippen LogP contribution in [0, 0.1) is 0 Å². The first-order valence-corrected chi connectivity index (χ1v) is 9.54. The smallest absolute Gasteiger partial charge is 0.246 e. The molecule has 0 saturated carbocycles. The van der Waals surface area contributed by atoms with Crippen molar-refractivity contribution in [2.45, 2.75) is 20.0 Å². The van der Waals surface area contributed by atoms with E-state index in [4.69, 9.17) is 14.2 Å². The van der Waals surface area contributed by atoms with Gasteiger partial charge in [0, 0.05) is 18.8 Å². The zero-order chi connectivity index (χ0) is 22.1. The van der Waals surface area contributed by atoms with Gasteiger partial charge in [-0.25, -0.2) is 0 Å². The Labute approximate surface area is 177 Å². The third-order valence-electron chi connectivity index (χ3n) is 4.10. The van der Waals surface area contributed by atoms with Crippen LogP contribution in [0.2, 0.25) is 0 Å². The van der Waals surface area contributed by atoms with Crippen molar-refractivity contribution >= 4 is 23.6 Å². The number of hydrogen-bond acceptors (Lipinski definition) is 5. The van der Waals surface area contributed by atoms with Crippen LogP contribution in [-0.4, -0.2) is 50.6 Å². The molecule has 0 aliphatic rings. The summed E-state index contributed by atoms with van der Waals surface area (Å²) in [4.78, 5) is 25.9. The molecule has 0 atom stereocenters. The van der Waals surface area contributed by atoms with Gasteiger partial charge in [-0.05, 0) is 61.9 Å². The highest BCUT2D eigenvalue weighted by Crippen LogP contribution is 2.29. The molecule has 0 bridgehead atoms. The number of nitrogens with one attached hydrogen (secondary N) is 1. The zero-order valence-corrected chi connectivity index (χ0v) is 18.0. The lowest BCUT2D eigenvalue weighted by Gasteiger charge is -2.15. The molecule has 0 aliphatic carbocycles. The highest BCUT2D eigenvalue weighted by atomic mass is 16.5. The third-order valence-corrected chi connectivity index (χ3v) is 4.10. The number of ether oxygens (including phenoxy) is 3. The molecule has 0 fully saturated rings. The Bertz CT molecular complexity index is 891. The molecule has 0 aromatic heterocycles. The second-order valence-corrected chi connectivity index (χ2v) is 6.88. The summed E-state index contributed by atoms with van der Waals surface area (Å²) in [5.41, 5.74) is 1.42. The molecule has 0 unspecified atom stereocenters. The van der Waals surface area contributed by atoms with Crippen molar-refractivity contribution in [3.63, 3.8) is 0 Å².